The van der Waals surface area contributed by atoms with E-state index in [0.29, 0.717) is 5.95 Å². The number of hydrogen-bond acceptors (Lipinski definition) is 3. The summed E-state index contributed by atoms with van der Waals surface area (Å²) in [6.45, 7) is 4.32. The van der Waals surface area contributed by atoms with Gasteiger partial charge in [0.05, 0.1) is 33.1 Å². The van der Waals surface area contributed by atoms with Gasteiger partial charge in [-0.25, -0.2) is 9.97 Å². The average Bonchev–Trinajstić information content (AvgIpc) is 3.69. The fourth-order valence-corrected chi connectivity index (χ4v) is 8.53. The van der Waals surface area contributed by atoms with Gasteiger partial charge in [0.2, 0.25) is 5.95 Å². The Hall–Kier alpha value is -6.98. The number of allylic oxidation sites excluding steroid dienone is 1. The molecule has 0 aliphatic carbocycles. The first-order chi connectivity index (χ1) is 26.2. The van der Waals surface area contributed by atoms with Crippen molar-refractivity contribution >= 4 is 60.5 Å². The molecule has 0 fully saturated rings. The van der Waals surface area contributed by atoms with Crippen molar-refractivity contribution in [2.24, 2.45) is 0 Å². The van der Waals surface area contributed by atoms with Crippen LogP contribution in [0.1, 0.15) is 18.2 Å². The van der Waals surface area contributed by atoms with Gasteiger partial charge >= 0.3 is 0 Å². The number of aromatic nitrogens is 4. The highest BCUT2D eigenvalue weighted by Gasteiger charge is 2.25. The van der Waals surface area contributed by atoms with Crippen LogP contribution in [-0.2, 0) is 0 Å². The summed E-state index contributed by atoms with van der Waals surface area (Å²) in [4.78, 5) is 10.5. The summed E-state index contributed by atoms with van der Waals surface area (Å²) in [5, 5.41) is 6.96. The predicted molar refractivity (Wildman–Crippen MR) is 219 cm³/mol. The fraction of sp³-hybridized carbons (Fsp3) is 0.0417. The number of benzene rings is 7. The maximum Gasteiger partial charge on any atom is 0.235 e. The Kier molecular flexibility index (Phi) is 6.31. The Morgan fingerprint density at radius 3 is 2.19 bits per heavy atom. The van der Waals surface area contributed by atoms with E-state index in [1.807, 2.05) is 30.3 Å². The topological polar surface area (TPSA) is 44.9 Å². The van der Waals surface area contributed by atoms with Crippen LogP contribution in [0.2, 0.25) is 0 Å². The van der Waals surface area contributed by atoms with Gasteiger partial charge in [0, 0.05) is 33.1 Å². The molecule has 0 bridgehead atoms. The first-order valence-corrected chi connectivity index (χ1v) is 18.0. The van der Waals surface area contributed by atoms with Gasteiger partial charge in [0.25, 0.3) is 0 Å². The number of aryl methyl sites for hydroxylation is 1. The van der Waals surface area contributed by atoms with Crippen LogP contribution in [0, 0.1) is 6.92 Å². The second kappa shape index (κ2) is 11.3. The molecule has 4 heterocycles. The van der Waals surface area contributed by atoms with E-state index in [4.69, 9.17) is 14.7 Å². The zero-order valence-electron chi connectivity index (χ0n) is 29.2. The molecule has 5 nitrogen and oxygen atoms in total. The van der Waals surface area contributed by atoms with Gasteiger partial charge in [-0.1, -0.05) is 91.0 Å². The standard InChI is InChI=1S/C48H32N4O/c1-3-13-39-29(2)37-28-30(24-26-41(37)51(39)31-14-5-4-6-15-31)32-18-11-19-34-33(32)25-27-42-45(34)35-16-7-9-21-40(35)52(42)48-49-38-20-12-23-44-46(38)47(50-48)36-17-8-10-22-43(36)53-44/h3-28H,1-2H3/b13-3-. The summed E-state index contributed by atoms with van der Waals surface area (Å²) in [5.41, 5.74) is 12.1. The highest BCUT2D eigenvalue weighted by atomic mass is 16.5. The van der Waals surface area contributed by atoms with Crippen LogP contribution in [-0.4, -0.2) is 19.1 Å². The van der Waals surface area contributed by atoms with Crippen molar-refractivity contribution in [2.45, 2.75) is 13.8 Å². The lowest BCUT2D eigenvalue weighted by atomic mass is 9.94. The zero-order valence-corrected chi connectivity index (χ0v) is 29.2. The molecule has 5 heteroatoms. The Morgan fingerprint density at radius 2 is 1.28 bits per heavy atom. The summed E-state index contributed by atoms with van der Waals surface area (Å²) >= 11 is 0. The molecular formula is C48H32N4O. The lowest BCUT2D eigenvalue weighted by Gasteiger charge is -2.21. The van der Waals surface area contributed by atoms with Crippen LogP contribution in [0.3, 0.4) is 0 Å². The number of hydrogen-bond donors (Lipinski definition) is 0. The summed E-state index contributed by atoms with van der Waals surface area (Å²) in [6.07, 6.45) is 4.34. The van der Waals surface area contributed by atoms with Crippen molar-refractivity contribution in [3.8, 4) is 45.5 Å². The van der Waals surface area contributed by atoms with Crippen molar-refractivity contribution in [3.63, 3.8) is 0 Å². The second-order valence-electron chi connectivity index (χ2n) is 13.7. The van der Waals surface area contributed by atoms with Gasteiger partial charge < -0.3 is 9.30 Å². The van der Waals surface area contributed by atoms with Crippen LogP contribution < -0.4 is 4.74 Å². The molecule has 0 N–H and O–H groups in total. The average molecular weight is 681 g/mol. The SMILES string of the molecule is C/C=C\c1c(C)c2cc(-c3cccc4c3ccc3c4c4ccccc4n3-c3nc4c5c(cccc5n3)Oc3ccccc3-4)ccc2n1-c1ccccc1. The second-order valence-corrected chi connectivity index (χ2v) is 13.7. The predicted octanol–water partition coefficient (Wildman–Crippen LogP) is 12.6. The molecule has 0 unspecified atom stereocenters. The van der Waals surface area contributed by atoms with E-state index in [1.165, 1.54) is 54.8 Å². The van der Waals surface area contributed by atoms with Crippen LogP contribution in [0.4, 0.5) is 0 Å². The Labute approximate surface area is 305 Å². The largest absolute Gasteiger partial charge is 0.456 e. The van der Waals surface area contributed by atoms with E-state index in [1.54, 1.807) is 0 Å². The number of para-hydroxylation sites is 3. The zero-order chi connectivity index (χ0) is 35.2. The number of nitrogens with zero attached hydrogens (tertiary/aromatic N) is 4. The molecule has 10 aromatic rings. The molecule has 0 saturated heterocycles. The maximum absolute atomic E-state index is 6.29. The molecule has 0 amide bonds. The number of ether oxygens (including phenoxy) is 1. The summed E-state index contributed by atoms with van der Waals surface area (Å²) < 4.78 is 10.9. The van der Waals surface area contributed by atoms with Gasteiger partial charge in [-0.2, -0.15) is 0 Å². The third-order valence-corrected chi connectivity index (χ3v) is 10.8. The molecule has 3 aromatic heterocycles. The molecule has 0 radical (unpaired) electrons. The number of fused-ring (bicyclic) bond motifs is 8. The van der Waals surface area contributed by atoms with Crippen molar-refractivity contribution in [3.05, 3.63) is 163 Å². The third kappa shape index (κ3) is 4.25. The molecule has 1 aliphatic rings. The minimum Gasteiger partial charge on any atom is -0.456 e. The van der Waals surface area contributed by atoms with Crippen molar-refractivity contribution < 1.29 is 4.74 Å². The van der Waals surface area contributed by atoms with Crippen molar-refractivity contribution in [1.29, 1.82) is 0 Å². The van der Waals surface area contributed by atoms with E-state index >= 15 is 0 Å². The Morgan fingerprint density at radius 1 is 0.547 bits per heavy atom. The Bertz CT molecular complexity index is 3170. The smallest absolute Gasteiger partial charge is 0.235 e. The molecule has 1 aliphatic heterocycles. The summed E-state index contributed by atoms with van der Waals surface area (Å²) in [7, 11) is 0. The van der Waals surface area contributed by atoms with Crippen LogP contribution >= 0.6 is 0 Å². The third-order valence-electron chi connectivity index (χ3n) is 10.8. The molecule has 0 spiro atoms. The van der Waals surface area contributed by atoms with Gasteiger partial charge in [-0.05, 0) is 108 Å². The number of rotatable bonds is 4. The monoisotopic (exact) mass is 680 g/mol. The van der Waals surface area contributed by atoms with Crippen LogP contribution in [0.15, 0.2) is 152 Å². The lowest BCUT2D eigenvalue weighted by molar-refractivity contribution is 0.486. The van der Waals surface area contributed by atoms with Crippen molar-refractivity contribution in [2.75, 3.05) is 0 Å². The molecule has 0 saturated carbocycles. The first kappa shape index (κ1) is 29.7. The van der Waals surface area contributed by atoms with Crippen molar-refractivity contribution in [1.82, 2.24) is 19.1 Å². The molecule has 7 aromatic carbocycles. The normalized spacial score (nSPS) is 12.4. The molecule has 0 atom stereocenters. The fourth-order valence-electron chi connectivity index (χ4n) is 8.53. The van der Waals surface area contributed by atoms with Gasteiger partial charge in [-0.3, -0.25) is 4.57 Å². The van der Waals surface area contributed by atoms with E-state index in [2.05, 4.69) is 150 Å². The first-order valence-electron chi connectivity index (χ1n) is 18.0. The summed E-state index contributed by atoms with van der Waals surface area (Å²) in [6, 6.07) is 51.5. The molecular weight excluding hydrogens is 649 g/mol. The van der Waals surface area contributed by atoms with Gasteiger partial charge in [0.15, 0.2) is 0 Å². The minimum atomic E-state index is 0.642. The van der Waals surface area contributed by atoms with Gasteiger partial charge in [-0.15, -0.1) is 0 Å². The quantitative estimate of drug-likeness (QED) is 0.186. The maximum atomic E-state index is 6.29. The highest BCUT2D eigenvalue weighted by molar-refractivity contribution is 6.23. The van der Waals surface area contributed by atoms with Crippen LogP contribution in [0.25, 0.3) is 94.5 Å². The van der Waals surface area contributed by atoms with E-state index in [9.17, 15) is 0 Å². The lowest BCUT2D eigenvalue weighted by Crippen LogP contribution is -2.06. The molecule has 53 heavy (non-hydrogen) atoms. The molecule has 250 valence electrons. The van der Waals surface area contributed by atoms with E-state index < -0.39 is 0 Å². The Balaban J connectivity index is 1.14. The van der Waals surface area contributed by atoms with Crippen LogP contribution in [0.5, 0.6) is 11.5 Å². The van der Waals surface area contributed by atoms with Gasteiger partial charge in [0.1, 0.15) is 11.5 Å². The molecule has 11 rings (SSSR count). The summed E-state index contributed by atoms with van der Waals surface area (Å²) in [5.74, 6) is 2.23. The van der Waals surface area contributed by atoms with E-state index in [-0.39, 0.29) is 0 Å². The minimum absolute atomic E-state index is 0.642. The van der Waals surface area contributed by atoms with E-state index in [0.717, 1.165) is 50.4 Å². The highest BCUT2D eigenvalue weighted by Crippen LogP contribution is 2.46.